The predicted molar refractivity (Wildman–Crippen MR) is 408 cm³/mol. The van der Waals surface area contributed by atoms with Crippen molar-refractivity contribution in [1.29, 1.82) is 0 Å². The molecular weight excluding hydrogens is 1180 g/mol. The summed E-state index contributed by atoms with van der Waals surface area (Å²) in [6.45, 7) is 2.30. The van der Waals surface area contributed by atoms with Gasteiger partial charge in [-0.1, -0.05) is 201 Å². The van der Waals surface area contributed by atoms with Gasteiger partial charge >= 0.3 is 0 Å². The molecule has 6 nitrogen and oxygen atoms in total. The summed E-state index contributed by atoms with van der Waals surface area (Å²) in [7, 11) is 0. The molecule has 0 saturated heterocycles. The van der Waals surface area contributed by atoms with Crippen molar-refractivity contribution in [1.82, 2.24) is 9.13 Å². The van der Waals surface area contributed by atoms with Gasteiger partial charge in [0.1, 0.15) is 5.58 Å². The molecule has 3 aromatic heterocycles. The zero-order valence-electron chi connectivity index (χ0n) is 53.5. The Morgan fingerprint density at radius 2 is 0.722 bits per heavy atom. The summed E-state index contributed by atoms with van der Waals surface area (Å²) in [5.74, 6) is 0.420. The summed E-state index contributed by atoms with van der Waals surface area (Å²) in [5.41, 5.74) is 24.9. The summed E-state index contributed by atoms with van der Waals surface area (Å²) in [5, 5.41) is 6.83. The molecule has 1 unspecified atom stereocenters. The molecule has 18 rings (SSSR count). The average molecular weight is 1240 g/mol. The Labute approximate surface area is 563 Å². The lowest BCUT2D eigenvalue weighted by Gasteiger charge is -2.30. The number of aromatic nitrogens is 2. The van der Waals surface area contributed by atoms with Crippen molar-refractivity contribution < 1.29 is 4.42 Å². The van der Waals surface area contributed by atoms with E-state index in [0.29, 0.717) is 5.92 Å². The minimum absolute atomic E-state index is 0.420. The molecule has 0 radical (unpaired) electrons. The number of rotatable bonds is 14. The van der Waals surface area contributed by atoms with E-state index in [1.807, 2.05) is 0 Å². The second-order valence-corrected chi connectivity index (χ2v) is 25.3. The number of para-hydroxylation sites is 7. The summed E-state index contributed by atoms with van der Waals surface area (Å²) >= 11 is 0. The van der Waals surface area contributed by atoms with Gasteiger partial charge in [0.05, 0.1) is 38.8 Å². The number of anilines is 8. The first-order chi connectivity index (χ1) is 48.0. The highest BCUT2D eigenvalue weighted by atomic mass is 16.3. The SMILES string of the molecule is CC1C=CC=C(N(c2ccccc2)c2ccc3c(c2)c2cc(N(c4ccccc4)c4ccc(N(c5ccccc5)c5cccc(-c6cccc(-c7cccc(-c8ccc9c(c8)c8ccccc8n9-c8ccccc8)c7)c6)c5)c5oc6ccccc6c45)ccc2n3-c2ccccc2)C1. The highest BCUT2D eigenvalue weighted by Crippen LogP contribution is 2.51. The van der Waals surface area contributed by atoms with Gasteiger partial charge in [-0.2, -0.15) is 0 Å². The standard InChI is InChI=1S/C91H65N5O/c1-62-25-21-41-74(55-62)92(69-31-7-2-8-32-69)76-48-51-85-81(60-76)82-61-77(49-52-86(82)96(85)73-39-15-6-16-40-73)93(70-33-9-3-10-34-70)87-53-54-88(91-90(87)79-44-18-20-46-89(79)97-91)94(71-35-11-4-12-36-71)75-42-24-30-67(58-75)65-28-22-26-63(56-65)64-27-23-29-66(57-64)68-47-50-84-80(59-68)78-43-17-19-45-83(78)95(84)72-37-13-5-14-38-72/h2-54,56-62H,55H2,1H3. The summed E-state index contributed by atoms with van der Waals surface area (Å²) in [4.78, 5) is 7.21. The molecule has 0 N–H and O–H groups in total. The van der Waals surface area contributed by atoms with Crippen molar-refractivity contribution in [3.05, 3.63) is 364 Å². The van der Waals surface area contributed by atoms with E-state index < -0.39 is 0 Å². The van der Waals surface area contributed by atoms with Crippen molar-refractivity contribution in [3.8, 4) is 44.8 Å². The summed E-state index contributed by atoms with van der Waals surface area (Å²) in [6, 6.07) is 123. The lowest BCUT2D eigenvalue weighted by molar-refractivity contribution is 0.669. The Balaban J connectivity index is 0.754. The fraction of sp³-hybridized carbons (Fsp3) is 0.0330. The van der Waals surface area contributed by atoms with E-state index in [1.165, 1.54) is 38.6 Å². The zero-order valence-corrected chi connectivity index (χ0v) is 53.5. The van der Waals surface area contributed by atoms with Gasteiger partial charge in [0, 0.05) is 78.1 Å². The Kier molecular flexibility index (Phi) is 14.1. The van der Waals surface area contributed by atoms with Crippen molar-refractivity contribution >= 4 is 111 Å². The van der Waals surface area contributed by atoms with Crippen molar-refractivity contribution in [2.24, 2.45) is 5.92 Å². The van der Waals surface area contributed by atoms with Gasteiger partial charge in [-0.15, -0.1) is 0 Å². The average Bonchev–Trinajstić information content (AvgIpc) is 1.62. The molecule has 460 valence electrons. The molecule has 14 aromatic carbocycles. The van der Waals surface area contributed by atoms with E-state index in [-0.39, 0.29) is 0 Å². The maximum Gasteiger partial charge on any atom is 0.161 e. The molecule has 97 heavy (non-hydrogen) atoms. The van der Waals surface area contributed by atoms with E-state index >= 15 is 0 Å². The predicted octanol–water partition coefficient (Wildman–Crippen LogP) is 25.3. The maximum absolute atomic E-state index is 7.27. The van der Waals surface area contributed by atoms with Gasteiger partial charge in [0.25, 0.3) is 0 Å². The van der Waals surface area contributed by atoms with Crippen LogP contribution in [0.5, 0.6) is 0 Å². The van der Waals surface area contributed by atoms with Gasteiger partial charge < -0.3 is 28.3 Å². The first-order valence-corrected chi connectivity index (χ1v) is 33.4. The molecular formula is C91H65N5O. The van der Waals surface area contributed by atoms with Crippen LogP contribution in [-0.4, -0.2) is 9.13 Å². The number of fused-ring (bicyclic) bond motifs is 9. The van der Waals surface area contributed by atoms with Crippen molar-refractivity contribution in [2.75, 3.05) is 14.7 Å². The second-order valence-electron chi connectivity index (χ2n) is 25.3. The molecule has 0 spiro atoms. The third-order valence-electron chi connectivity index (χ3n) is 19.3. The highest BCUT2D eigenvalue weighted by Gasteiger charge is 2.28. The van der Waals surface area contributed by atoms with E-state index in [4.69, 9.17) is 4.42 Å². The molecule has 1 atom stereocenters. The van der Waals surface area contributed by atoms with Crippen LogP contribution in [0, 0.1) is 5.92 Å². The van der Waals surface area contributed by atoms with Gasteiger partial charge in [-0.3, -0.25) is 0 Å². The van der Waals surface area contributed by atoms with Crippen LogP contribution in [0.3, 0.4) is 0 Å². The third-order valence-corrected chi connectivity index (χ3v) is 19.3. The molecule has 3 heterocycles. The Bertz CT molecular complexity index is 5890. The minimum atomic E-state index is 0.420. The molecule has 0 aliphatic heterocycles. The number of benzene rings is 14. The number of furan rings is 1. The number of allylic oxidation sites excluding steroid dienone is 4. The van der Waals surface area contributed by atoms with Crippen molar-refractivity contribution in [3.63, 3.8) is 0 Å². The van der Waals surface area contributed by atoms with Crippen LogP contribution in [0.25, 0.3) is 110 Å². The minimum Gasteiger partial charge on any atom is -0.454 e. The lowest BCUT2D eigenvalue weighted by Crippen LogP contribution is -2.19. The monoisotopic (exact) mass is 1240 g/mol. The molecule has 1 aliphatic carbocycles. The Morgan fingerprint density at radius 1 is 0.309 bits per heavy atom. The van der Waals surface area contributed by atoms with Gasteiger partial charge in [-0.05, 0) is 210 Å². The highest BCUT2D eigenvalue weighted by molar-refractivity contribution is 6.19. The molecule has 1 aliphatic rings. The van der Waals surface area contributed by atoms with Crippen LogP contribution in [0.2, 0.25) is 0 Å². The fourth-order valence-electron chi connectivity index (χ4n) is 14.9. The number of hydrogen-bond donors (Lipinski definition) is 0. The lowest BCUT2D eigenvalue weighted by atomic mass is 9.95. The first kappa shape index (κ1) is 57.1. The smallest absolute Gasteiger partial charge is 0.161 e. The van der Waals surface area contributed by atoms with E-state index in [2.05, 4.69) is 389 Å². The van der Waals surface area contributed by atoms with Gasteiger partial charge in [0.2, 0.25) is 0 Å². The number of hydrogen-bond acceptors (Lipinski definition) is 4. The second kappa shape index (κ2) is 24.0. The quantitative estimate of drug-likeness (QED) is 0.109. The normalized spacial score (nSPS) is 13.1. The van der Waals surface area contributed by atoms with Crippen LogP contribution < -0.4 is 14.7 Å². The maximum atomic E-state index is 7.27. The largest absolute Gasteiger partial charge is 0.454 e. The van der Waals surface area contributed by atoms with Crippen LogP contribution in [0.1, 0.15) is 13.3 Å². The topological polar surface area (TPSA) is 32.7 Å². The van der Waals surface area contributed by atoms with Gasteiger partial charge in [0.15, 0.2) is 5.58 Å². The fourth-order valence-corrected chi connectivity index (χ4v) is 14.9. The van der Waals surface area contributed by atoms with Gasteiger partial charge in [-0.25, -0.2) is 0 Å². The van der Waals surface area contributed by atoms with Crippen molar-refractivity contribution in [2.45, 2.75) is 13.3 Å². The van der Waals surface area contributed by atoms with Crippen LogP contribution in [0.15, 0.2) is 368 Å². The molecule has 17 aromatic rings. The molecule has 0 saturated carbocycles. The molecule has 6 heteroatoms. The third kappa shape index (κ3) is 10.1. The zero-order chi connectivity index (χ0) is 64.3. The number of nitrogens with zero attached hydrogens (tertiary/aromatic N) is 5. The molecule has 0 fully saturated rings. The van der Waals surface area contributed by atoms with Crippen LogP contribution in [0.4, 0.5) is 45.5 Å². The molecule has 0 amide bonds. The van der Waals surface area contributed by atoms with Crippen LogP contribution >= 0.6 is 0 Å². The molecule has 0 bridgehead atoms. The van der Waals surface area contributed by atoms with E-state index in [1.54, 1.807) is 0 Å². The van der Waals surface area contributed by atoms with E-state index in [9.17, 15) is 0 Å². The van der Waals surface area contributed by atoms with E-state index in [0.717, 1.165) is 129 Å². The van der Waals surface area contributed by atoms with Crippen LogP contribution in [-0.2, 0) is 0 Å². The first-order valence-electron chi connectivity index (χ1n) is 33.4. The summed E-state index contributed by atoms with van der Waals surface area (Å²) < 4.78 is 12.1. The Hall–Kier alpha value is -12.6. The Morgan fingerprint density at radius 3 is 1.30 bits per heavy atom. The summed E-state index contributed by atoms with van der Waals surface area (Å²) in [6.07, 6.45) is 7.72.